The van der Waals surface area contributed by atoms with E-state index in [-0.39, 0.29) is 17.7 Å². The van der Waals surface area contributed by atoms with Crippen molar-refractivity contribution in [3.63, 3.8) is 0 Å². The molecule has 2 aromatic rings. The molecule has 28 heavy (non-hydrogen) atoms. The van der Waals surface area contributed by atoms with Crippen molar-refractivity contribution in [2.45, 2.75) is 11.8 Å². The second-order valence-electron chi connectivity index (χ2n) is 7.12. The maximum absolute atomic E-state index is 12.8. The van der Waals surface area contributed by atoms with E-state index < -0.39 is 9.84 Å². The molecule has 0 aromatic heterocycles. The van der Waals surface area contributed by atoms with Crippen LogP contribution in [0, 0.1) is 0 Å². The summed E-state index contributed by atoms with van der Waals surface area (Å²) >= 11 is 0. The Bertz CT molecular complexity index is 876. The van der Waals surface area contributed by atoms with Crippen LogP contribution in [0.2, 0.25) is 0 Å². The van der Waals surface area contributed by atoms with E-state index in [2.05, 4.69) is 10.2 Å². The fraction of sp³-hybridized carbons (Fsp3) is 0.381. The highest BCUT2D eigenvalue weighted by Crippen LogP contribution is 2.17. The normalized spacial score (nSPS) is 16.5. The lowest BCUT2D eigenvalue weighted by atomic mass is 10.0. The van der Waals surface area contributed by atoms with Gasteiger partial charge in [-0.3, -0.25) is 9.69 Å². The van der Waals surface area contributed by atoms with Crippen molar-refractivity contribution >= 4 is 15.7 Å². The summed E-state index contributed by atoms with van der Waals surface area (Å²) in [5.74, 6) is -0.202. The third-order valence-corrected chi connectivity index (χ3v) is 5.55. The van der Waals surface area contributed by atoms with Crippen molar-refractivity contribution in [1.29, 1.82) is 0 Å². The lowest BCUT2D eigenvalue weighted by molar-refractivity contribution is 0.0332. The molecule has 1 atom stereocenters. The van der Waals surface area contributed by atoms with Crippen molar-refractivity contribution in [2.75, 3.05) is 39.1 Å². The summed E-state index contributed by atoms with van der Waals surface area (Å²) in [6.45, 7) is 3.82. The Kier molecular flexibility index (Phi) is 6.83. The first-order valence-corrected chi connectivity index (χ1v) is 11.4. The van der Waals surface area contributed by atoms with Crippen molar-refractivity contribution in [2.24, 2.45) is 0 Å². The Morgan fingerprint density at radius 3 is 2.32 bits per heavy atom. The number of morpholine rings is 1. The number of rotatable bonds is 7. The summed E-state index contributed by atoms with van der Waals surface area (Å²) in [6, 6.07) is 16.5. The van der Waals surface area contributed by atoms with Crippen molar-refractivity contribution in [3.05, 3.63) is 71.3 Å². The minimum absolute atomic E-state index is 0.0292. The Hall–Kier alpha value is -2.22. The van der Waals surface area contributed by atoms with Gasteiger partial charge in [0.25, 0.3) is 5.91 Å². The van der Waals surface area contributed by atoms with E-state index in [0.717, 1.165) is 18.7 Å². The van der Waals surface area contributed by atoms with Gasteiger partial charge in [-0.05, 0) is 23.3 Å². The average Bonchev–Trinajstić information content (AvgIpc) is 2.68. The zero-order chi connectivity index (χ0) is 20.0. The van der Waals surface area contributed by atoms with Gasteiger partial charge in [0.05, 0.1) is 25.0 Å². The van der Waals surface area contributed by atoms with Gasteiger partial charge in [0, 0.05) is 31.5 Å². The Morgan fingerprint density at radius 2 is 1.71 bits per heavy atom. The number of carbonyl (C=O) groups excluding carboxylic acids is 1. The van der Waals surface area contributed by atoms with Crippen molar-refractivity contribution in [1.82, 2.24) is 10.2 Å². The van der Waals surface area contributed by atoms with Crippen LogP contribution in [0.4, 0.5) is 0 Å². The molecule has 0 aliphatic carbocycles. The third-order valence-electron chi connectivity index (χ3n) is 4.70. The van der Waals surface area contributed by atoms with Gasteiger partial charge in [-0.15, -0.1) is 0 Å². The smallest absolute Gasteiger partial charge is 0.251 e. The quantitative estimate of drug-likeness (QED) is 0.767. The first-order chi connectivity index (χ1) is 13.4. The topological polar surface area (TPSA) is 75.7 Å². The number of carbonyl (C=O) groups is 1. The number of hydrogen-bond donors (Lipinski definition) is 1. The molecule has 150 valence electrons. The van der Waals surface area contributed by atoms with Gasteiger partial charge in [0.1, 0.15) is 0 Å². The van der Waals surface area contributed by atoms with Gasteiger partial charge in [0.2, 0.25) is 0 Å². The van der Waals surface area contributed by atoms with E-state index in [9.17, 15) is 13.2 Å². The lowest BCUT2D eigenvalue weighted by Gasteiger charge is -2.31. The van der Waals surface area contributed by atoms with Gasteiger partial charge in [-0.25, -0.2) is 8.42 Å². The zero-order valence-corrected chi connectivity index (χ0v) is 16.8. The molecule has 1 heterocycles. The zero-order valence-electron chi connectivity index (χ0n) is 16.0. The van der Waals surface area contributed by atoms with Crippen LogP contribution in [0.15, 0.2) is 54.6 Å². The molecule has 6 nitrogen and oxygen atoms in total. The minimum Gasteiger partial charge on any atom is -0.379 e. The third kappa shape index (κ3) is 6.15. The van der Waals surface area contributed by atoms with Crippen molar-refractivity contribution < 1.29 is 17.9 Å². The molecule has 1 fully saturated rings. The van der Waals surface area contributed by atoms with E-state index in [1.165, 1.54) is 6.26 Å². The Labute approximate surface area is 166 Å². The van der Waals surface area contributed by atoms with Gasteiger partial charge in [-0.2, -0.15) is 0 Å². The highest BCUT2D eigenvalue weighted by molar-refractivity contribution is 7.89. The molecule has 2 aromatic carbocycles. The second kappa shape index (κ2) is 9.32. The van der Waals surface area contributed by atoms with E-state index >= 15 is 0 Å². The lowest BCUT2D eigenvalue weighted by Crippen LogP contribution is -2.43. The molecule has 0 saturated carbocycles. The van der Waals surface area contributed by atoms with Gasteiger partial charge in [0.15, 0.2) is 9.84 Å². The predicted octanol–water partition coefficient (Wildman–Crippen LogP) is 2.03. The predicted molar refractivity (Wildman–Crippen MR) is 109 cm³/mol. The van der Waals surface area contributed by atoms with E-state index in [1.54, 1.807) is 24.3 Å². The standard InChI is InChI=1S/C21H26N2O4S/c1-28(25,26)16-17-7-9-19(10-8-17)21(24)22-20(18-5-3-2-4-6-18)15-23-11-13-27-14-12-23/h2-10,20H,11-16H2,1H3,(H,22,24)/t20-/m1/s1. The average molecular weight is 403 g/mol. The fourth-order valence-electron chi connectivity index (χ4n) is 3.26. The van der Waals surface area contributed by atoms with Crippen LogP contribution in [0.25, 0.3) is 0 Å². The summed E-state index contributed by atoms with van der Waals surface area (Å²) in [7, 11) is -3.10. The van der Waals surface area contributed by atoms with E-state index in [1.807, 2.05) is 30.3 Å². The van der Waals surface area contributed by atoms with Crippen LogP contribution in [0.3, 0.4) is 0 Å². The second-order valence-corrected chi connectivity index (χ2v) is 9.26. The number of hydrogen-bond acceptors (Lipinski definition) is 5. The molecule has 0 unspecified atom stereocenters. The number of amides is 1. The van der Waals surface area contributed by atoms with Crippen LogP contribution < -0.4 is 5.32 Å². The maximum Gasteiger partial charge on any atom is 0.251 e. The molecule has 1 amide bonds. The molecule has 3 rings (SSSR count). The molecule has 0 bridgehead atoms. The molecule has 1 aliphatic heterocycles. The minimum atomic E-state index is -3.10. The molecular weight excluding hydrogens is 376 g/mol. The number of nitrogens with one attached hydrogen (secondary N) is 1. The van der Waals surface area contributed by atoms with Crippen LogP contribution in [0.5, 0.6) is 0 Å². The van der Waals surface area contributed by atoms with E-state index in [4.69, 9.17) is 4.74 Å². The number of ether oxygens (including phenoxy) is 1. The van der Waals surface area contributed by atoms with Crippen LogP contribution in [0.1, 0.15) is 27.5 Å². The SMILES string of the molecule is CS(=O)(=O)Cc1ccc(C(=O)N[C@H](CN2CCOCC2)c2ccccc2)cc1. The number of sulfone groups is 1. The summed E-state index contributed by atoms with van der Waals surface area (Å²) in [4.78, 5) is 15.1. The summed E-state index contributed by atoms with van der Waals surface area (Å²) < 4.78 is 28.2. The first kappa shape index (κ1) is 20.5. The van der Waals surface area contributed by atoms with Crippen LogP contribution in [-0.2, 0) is 20.3 Å². The molecule has 7 heteroatoms. The number of nitrogens with zero attached hydrogens (tertiary/aromatic N) is 1. The highest BCUT2D eigenvalue weighted by atomic mass is 32.2. The monoisotopic (exact) mass is 402 g/mol. The molecule has 1 aliphatic rings. The maximum atomic E-state index is 12.8. The summed E-state index contributed by atoms with van der Waals surface area (Å²) in [5.41, 5.74) is 2.24. The molecule has 0 spiro atoms. The first-order valence-electron chi connectivity index (χ1n) is 9.33. The molecular formula is C21H26N2O4S. The molecule has 0 radical (unpaired) electrons. The van der Waals surface area contributed by atoms with Crippen LogP contribution in [-0.4, -0.2) is 58.3 Å². The van der Waals surface area contributed by atoms with E-state index in [0.29, 0.717) is 30.9 Å². The summed E-state index contributed by atoms with van der Waals surface area (Å²) in [5, 5.41) is 3.12. The Balaban J connectivity index is 1.71. The van der Waals surface area contributed by atoms with Gasteiger partial charge >= 0.3 is 0 Å². The molecule has 1 N–H and O–H groups in total. The molecule has 1 saturated heterocycles. The fourth-order valence-corrected chi connectivity index (χ4v) is 4.06. The van der Waals surface area contributed by atoms with Gasteiger partial charge in [-0.1, -0.05) is 42.5 Å². The van der Waals surface area contributed by atoms with Crippen LogP contribution >= 0.6 is 0 Å². The van der Waals surface area contributed by atoms with Crippen molar-refractivity contribution in [3.8, 4) is 0 Å². The largest absolute Gasteiger partial charge is 0.379 e. The number of benzene rings is 2. The summed E-state index contributed by atoms with van der Waals surface area (Å²) in [6.07, 6.45) is 1.20. The highest BCUT2D eigenvalue weighted by Gasteiger charge is 2.20. The Morgan fingerprint density at radius 1 is 1.07 bits per heavy atom. The van der Waals surface area contributed by atoms with Gasteiger partial charge < -0.3 is 10.1 Å².